The van der Waals surface area contributed by atoms with Crippen molar-refractivity contribution in [3.63, 3.8) is 0 Å². The number of benzene rings is 1. The smallest absolute Gasteiger partial charge is 0.217 e. The van der Waals surface area contributed by atoms with Crippen molar-refractivity contribution >= 4 is 34.2 Å². The number of methoxy groups -OCH3 is 2. The molecule has 1 aromatic carbocycles. The van der Waals surface area contributed by atoms with Gasteiger partial charge < -0.3 is 14.5 Å². The summed E-state index contributed by atoms with van der Waals surface area (Å²) in [6.45, 7) is 0. The first-order valence-corrected chi connectivity index (χ1v) is 8.37. The number of nitrogens with zero attached hydrogens (tertiary/aromatic N) is 5. The Morgan fingerprint density at radius 2 is 1.52 bits per heavy atom. The largest absolute Gasteiger partial charge is 0.481 e. The number of fused-ring (bicyclic) bond motifs is 1. The normalized spacial score (nSPS) is 10.2. The molecule has 1 N–H and O–H groups in total. The Bertz CT molecular complexity index is 1060. The summed E-state index contributed by atoms with van der Waals surface area (Å²) in [6.07, 6.45) is 4.43. The first kappa shape index (κ1) is 18.8. The summed E-state index contributed by atoms with van der Waals surface area (Å²) in [5.41, 5.74) is 3.26. The molecule has 0 bridgehead atoms. The van der Waals surface area contributed by atoms with E-state index in [9.17, 15) is 0 Å². The molecule has 0 fully saturated rings. The van der Waals surface area contributed by atoms with Crippen LogP contribution in [0.15, 0.2) is 43.2 Å². The minimum atomic E-state index is 0.391. The summed E-state index contributed by atoms with van der Waals surface area (Å²) in [6, 6.07) is 6.94. The number of H-pyrrole nitrogens is 1. The quantitative estimate of drug-likeness (QED) is 0.518. The molecule has 27 heavy (non-hydrogen) atoms. The lowest BCUT2D eigenvalue weighted by Gasteiger charge is -2.04. The minimum Gasteiger partial charge on any atom is -0.481 e. The number of hydrogen-bond donors (Lipinski definition) is 1. The number of aromatic nitrogens is 6. The van der Waals surface area contributed by atoms with Crippen molar-refractivity contribution in [2.45, 2.75) is 0 Å². The van der Waals surface area contributed by atoms with Crippen molar-refractivity contribution < 1.29 is 9.47 Å². The number of nitrogens with one attached hydrogen (secondary N) is 1. The van der Waals surface area contributed by atoms with E-state index in [4.69, 9.17) is 32.7 Å². The SMILES string of the molecule is COc1cc(-c2cc(Cl)cc3[nH]cnc23)ncn1.COc1cc(Cl)ncn1. The van der Waals surface area contributed by atoms with Crippen LogP contribution in [0, 0.1) is 0 Å². The van der Waals surface area contributed by atoms with E-state index in [-0.39, 0.29) is 0 Å². The molecule has 0 radical (unpaired) electrons. The summed E-state index contributed by atoms with van der Waals surface area (Å²) >= 11 is 11.6. The maximum Gasteiger partial charge on any atom is 0.217 e. The lowest BCUT2D eigenvalue weighted by molar-refractivity contribution is 0.397. The first-order chi connectivity index (χ1) is 13.1. The molecule has 3 aromatic heterocycles. The molecule has 4 aromatic rings. The predicted molar refractivity (Wildman–Crippen MR) is 102 cm³/mol. The van der Waals surface area contributed by atoms with Crippen LogP contribution in [0.5, 0.6) is 11.8 Å². The van der Waals surface area contributed by atoms with Crippen molar-refractivity contribution in [1.82, 2.24) is 29.9 Å². The number of ether oxygens (including phenoxy) is 2. The number of rotatable bonds is 3. The van der Waals surface area contributed by atoms with E-state index in [0.29, 0.717) is 21.9 Å². The van der Waals surface area contributed by atoms with E-state index in [0.717, 1.165) is 22.3 Å². The molecule has 8 nitrogen and oxygen atoms in total. The average Bonchev–Trinajstić information content (AvgIpc) is 3.16. The van der Waals surface area contributed by atoms with Gasteiger partial charge in [-0.15, -0.1) is 0 Å². The molecule has 0 unspecified atom stereocenters. The fourth-order valence-corrected chi connectivity index (χ4v) is 2.59. The third-order valence-corrected chi connectivity index (χ3v) is 3.86. The lowest BCUT2D eigenvalue weighted by Crippen LogP contribution is -1.91. The molecule has 0 saturated carbocycles. The van der Waals surface area contributed by atoms with E-state index in [2.05, 4.69) is 29.9 Å². The Hall–Kier alpha value is -2.97. The fraction of sp³-hybridized carbons (Fsp3) is 0.118. The van der Waals surface area contributed by atoms with Gasteiger partial charge in [-0.3, -0.25) is 0 Å². The fourth-order valence-electron chi connectivity index (χ4n) is 2.24. The van der Waals surface area contributed by atoms with Gasteiger partial charge >= 0.3 is 0 Å². The Balaban J connectivity index is 0.000000197. The summed E-state index contributed by atoms with van der Waals surface area (Å²) < 4.78 is 9.85. The van der Waals surface area contributed by atoms with E-state index in [1.165, 1.54) is 19.8 Å². The molecule has 0 aliphatic rings. The number of hydrogen-bond acceptors (Lipinski definition) is 7. The highest BCUT2D eigenvalue weighted by atomic mass is 35.5. The van der Waals surface area contributed by atoms with E-state index < -0.39 is 0 Å². The van der Waals surface area contributed by atoms with Gasteiger partial charge in [-0.2, -0.15) is 0 Å². The standard InChI is InChI=1S/C12H9ClN4O.C5H5ClN2O/c1-18-11-4-9(14-5-16-11)8-2-7(13)3-10-12(8)17-6-15-10;1-9-5-2-4(6)7-3-8-5/h2-6H,1H3,(H,15,17);2-3H,1H3. The zero-order valence-corrected chi connectivity index (χ0v) is 15.9. The molecule has 4 rings (SSSR count). The Morgan fingerprint density at radius 1 is 0.815 bits per heavy atom. The highest BCUT2D eigenvalue weighted by Crippen LogP contribution is 2.29. The topological polar surface area (TPSA) is 98.7 Å². The van der Waals surface area contributed by atoms with E-state index in [1.807, 2.05) is 12.1 Å². The number of imidazole rings is 1. The summed E-state index contributed by atoms with van der Waals surface area (Å²) in [5, 5.41) is 1.01. The van der Waals surface area contributed by atoms with Gasteiger partial charge in [0.05, 0.1) is 37.3 Å². The van der Waals surface area contributed by atoms with Crippen LogP contribution in [0.3, 0.4) is 0 Å². The minimum absolute atomic E-state index is 0.391. The third-order valence-electron chi connectivity index (χ3n) is 3.43. The Kier molecular flexibility index (Phi) is 6.00. The molecule has 10 heteroatoms. The van der Waals surface area contributed by atoms with Crippen LogP contribution in [-0.4, -0.2) is 44.1 Å². The molecule has 0 aliphatic heterocycles. The van der Waals surface area contributed by atoms with Gasteiger partial charge in [0.25, 0.3) is 0 Å². The second-order valence-corrected chi connectivity index (χ2v) is 5.90. The van der Waals surface area contributed by atoms with Crippen molar-refractivity contribution in [3.05, 3.63) is 53.4 Å². The van der Waals surface area contributed by atoms with Crippen LogP contribution >= 0.6 is 23.2 Å². The predicted octanol–water partition coefficient (Wildman–Crippen LogP) is 3.82. The van der Waals surface area contributed by atoms with Crippen LogP contribution in [0.1, 0.15) is 0 Å². The highest BCUT2D eigenvalue weighted by Gasteiger charge is 2.10. The highest BCUT2D eigenvalue weighted by molar-refractivity contribution is 6.31. The van der Waals surface area contributed by atoms with E-state index in [1.54, 1.807) is 25.6 Å². The van der Waals surface area contributed by atoms with Crippen molar-refractivity contribution in [1.29, 1.82) is 0 Å². The molecule has 3 heterocycles. The lowest BCUT2D eigenvalue weighted by atomic mass is 10.1. The molecule has 138 valence electrons. The van der Waals surface area contributed by atoms with Gasteiger partial charge in [0, 0.05) is 22.7 Å². The molecule has 0 amide bonds. The maximum atomic E-state index is 6.08. The van der Waals surface area contributed by atoms with Crippen molar-refractivity contribution in [2.24, 2.45) is 0 Å². The summed E-state index contributed by atoms with van der Waals surface area (Å²) in [7, 11) is 3.09. The summed E-state index contributed by atoms with van der Waals surface area (Å²) in [5.74, 6) is 0.985. The molecular formula is C17H14Cl2N6O2. The average molecular weight is 405 g/mol. The van der Waals surface area contributed by atoms with Gasteiger partial charge in [0.1, 0.15) is 17.8 Å². The van der Waals surface area contributed by atoms with Gasteiger partial charge in [-0.05, 0) is 12.1 Å². The second kappa shape index (κ2) is 8.61. The Morgan fingerprint density at radius 3 is 2.19 bits per heavy atom. The van der Waals surface area contributed by atoms with Crippen molar-refractivity contribution in [3.8, 4) is 23.0 Å². The third kappa shape index (κ3) is 4.60. The first-order valence-electron chi connectivity index (χ1n) is 7.61. The monoisotopic (exact) mass is 404 g/mol. The Labute approximate surface area is 164 Å². The van der Waals surface area contributed by atoms with Crippen LogP contribution in [-0.2, 0) is 0 Å². The van der Waals surface area contributed by atoms with Gasteiger partial charge in [0.2, 0.25) is 11.8 Å². The molecule has 0 aliphatic carbocycles. The van der Waals surface area contributed by atoms with Crippen LogP contribution < -0.4 is 9.47 Å². The number of halogens is 2. The molecule has 0 atom stereocenters. The summed E-state index contributed by atoms with van der Waals surface area (Å²) in [4.78, 5) is 22.9. The van der Waals surface area contributed by atoms with Gasteiger partial charge in [0.15, 0.2) is 0 Å². The van der Waals surface area contributed by atoms with Crippen LogP contribution in [0.4, 0.5) is 0 Å². The molecule has 0 saturated heterocycles. The second-order valence-electron chi connectivity index (χ2n) is 5.08. The van der Waals surface area contributed by atoms with Gasteiger partial charge in [-0.25, -0.2) is 24.9 Å². The van der Waals surface area contributed by atoms with Crippen molar-refractivity contribution in [2.75, 3.05) is 14.2 Å². The zero-order valence-electron chi connectivity index (χ0n) is 14.3. The molecule has 0 spiro atoms. The zero-order chi connectivity index (χ0) is 19.2. The van der Waals surface area contributed by atoms with E-state index >= 15 is 0 Å². The van der Waals surface area contributed by atoms with Crippen LogP contribution in [0.2, 0.25) is 10.2 Å². The maximum absolute atomic E-state index is 6.08. The number of aromatic amines is 1. The van der Waals surface area contributed by atoms with Crippen LogP contribution in [0.25, 0.3) is 22.3 Å². The molecular weight excluding hydrogens is 391 g/mol. The van der Waals surface area contributed by atoms with Gasteiger partial charge in [-0.1, -0.05) is 23.2 Å².